The largest absolute Gasteiger partial charge is 0.381 e. The number of ketones is 3. The van der Waals surface area contributed by atoms with Gasteiger partial charge < -0.3 is 9.80 Å². The van der Waals surface area contributed by atoms with Crippen LogP contribution in [0.2, 0.25) is 0 Å². The molecular weight excluding hydrogens is 396 g/mol. The molecule has 0 aromatic carbocycles. The third-order valence-corrected chi connectivity index (χ3v) is 3.96. The van der Waals surface area contributed by atoms with Crippen molar-refractivity contribution in [3.8, 4) is 0 Å². The van der Waals surface area contributed by atoms with Gasteiger partial charge in [-0.1, -0.05) is 5.57 Å². The highest BCUT2D eigenvalue weighted by atomic mass is 35.5. The fourth-order valence-electron chi connectivity index (χ4n) is 1.77. The van der Waals surface area contributed by atoms with E-state index in [9.17, 15) is 24.0 Å². The second kappa shape index (κ2) is 14.9. The molecule has 0 unspecified atom stereocenters. The van der Waals surface area contributed by atoms with Crippen LogP contribution in [-0.2, 0) is 24.0 Å². The smallest absolute Gasteiger partial charge is 0.235 e. The highest BCUT2D eigenvalue weighted by molar-refractivity contribution is 6.64. The number of hydrogen-bond acceptors (Lipinski definition) is 6. The lowest BCUT2D eigenvalue weighted by molar-refractivity contribution is -0.146. The van der Waals surface area contributed by atoms with Crippen LogP contribution in [0.1, 0.15) is 61.3 Å². The number of Topliss-reactive ketones (excluding diaryl/α,β-unsaturated/α-hetero) is 3. The number of halogens is 1. The topological polar surface area (TPSA) is 91.8 Å². The van der Waals surface area contributed by atoms with Crippen molar-refractivity contribution in [2.24, 2.45) is 5.41 Å². The van der Waals surface area contributed by atoms with Gasteiger partial charge in [-0.25, -0.2) is 0 Å². The third-order valence-electron chi connectivity index (χ3n) is 3.83. The van der Waals surface area contributed by atoms with Gasteiger partial charge in [0, 0.05) is 33.9 Å². The maximum atomic E-state index is 11.6. The Kier molecular flexibility index (Phi) is 16.3. The van der Waals surface area contributed by atoms with Crippen molar-refractivity contribution in [2.75, 3.05) is 28.2 Å². The number of carbonyl (C=O) groups excluding carboxylic acids is 5. The molecular formula is C21H37ClN2O5. The zero-order valence-electron chi connectivity index (χ0n) is 19.7. The molecule has 0 aliphatic heterocycles. The number of hydrogen-bond donors (Lipinski definition) is 0. The fourth-order valence-corrected chi connectivity index (χ4v) is 1.96. The molecule has 0 rings (SSSR count). The average Bonchev–Trinajstić information content (AvgIpc) is 2.52. The Morgan fingerprint density at radius 3 is 1.24 bits per heavy atom. The lowest BCUT2D eigenvalue weighted by Gasteiger charge is -2.25. The van der Waals surface area contributed by atoms with Crippen LogP contribution in [0.25, 0.3) is 0 Å². The SMILES string of the molecule is CC(=O)CC(=O)C(C)(C)C(=O)N(C)C.CC(=O)CC(=O)Cl.CC(C)=C(C)N(C)C. The Labute approximate surface area is 180 Å². The van der Waals surface area contributed by atoms with Crippen LogP contribution in [0.15, 0.2) is 11.3 Å². The summed E-state index contributed by atoms with van der Waals surface area (Å²) in [6.07, 6.45) is -0.325. The standard InChI is InChI=1S/C10H17NO3.C7H15N.C4H5ClO2/c1-7(12)6-8(13)10(2,3)9(14)11(4)5;1-6(2)7(3)8(4)5;1-3(6)2-4(5)7/h6H2,1-5H3;1-5H3;2H2,1H3. The van der Waals surface area contributed by atoms with Gasteiger partial charge in [0.2, 0.25) is 11.1 Å². The predicted octanol–water partition coefficient (Wildman–Crippen LogP) is 3.24. The van der Waals surface area contributed by atoms with Crippen LogP contribution >= 0.6 is 11.6 Å². The van der Waals surface area contributed by atoms with E-state index in [0.29, 0.717) is 0 Å². The number of allylic oxidation sites excluding steroid dienone is 2. The molecule has 0 heterocycles. The van der Waals surface area contributed by atoms with Gasteiger partial charge in [0.25, 0.3) is 0 Å². The summed E-state index contributed by atoms with van der Waals surface area (Å²) in [4.78, 5) is 57.1. The van der Waals surface area contributed by atoms with Crippen molar-refractivity contribution in [1.29, 1.82) is 0 Å². The van der Waals surface area contributed by atoms with Gasteiger partial charge in [-0.05, 0) is 60.1 Å². The van der Waals surface area contributed by atoms with Crippen molar-refractivity contribution >= 4 is 40.1 Å². The van der Waals surface area contributed by atoms with Crippen molar-refractivity contribution in [3.05, 3.63) is 11.3 Å². The Morgan fingerprint density at radius 1 is 0.724 bits per heavy atom. The highest BCUT2D eigenvalue weighted by Crippen LogP contribution is 2.21. The summed E-state index contributed by atoms with van der Waals surface area (Å²) in [6.45, 7) is 12.1. The van der Waals surface area contributed by atoms with E-state index in [1.807, 2.05) is 0 Å². The molecule has 0 saturated carbocycles. The summed E-state index contributed by atoms with van der Waals surface area (Å²) in [5.74, 6) is -1.01. The quantitative estimate of drug-likeness (QED) is 0.453. The van der Waals surface area contributed by atoms with E-state index in [4.69, 9.17) is 11.6 Å². The molecule has 0 atom stereocenters. The fraction of sp³-hybridized carbons (Fsp3) is 0.667. The van der Waals surface area contributed by atoms with Gasteiger partial charge in [0.1, 0.15) is 17.0 Å². The predicted molar refractivity (Wildman–Crippen MR) is 117 cm³/mol. The number of nitrogens with zero attached hydrogens (tertiary/aromatic N) is 2. The molecule has 29 heavy (non-hydrogen) atoms. The van der Waals surface area contributed by atoms with Crippen molar-refractivity contribution < 1.29 is 24.0 Å². The van der Waals surface area contributed by atoms with Gasteiger partial charge in [0.05, 0.1) is 12.8 Å². The maximum Gasteiger partial charge on any atom is 0.235 e. The van der Waals surface area contributed by atoms with Crippen molar-refractivity contribution in [2.45, 2.75) is 61.3 Å². The monoisotopic (exact) mass is 432 g/mol. The molecule has 0 fully saturated rings. The van der Waals surface area contributed by atoms with Gasteiger partial charge in [-0.2, -0.15) is 0 Å². The molecule has 8 heteroatoms. The number of amides is 1. The first-order chi connectivity index (χ1) is 12.9. The van der Waals surface area contributed by atoms with Gasteiger partial charge >= 0.3 is 0 Å². The minimum Gasteiger partial charge on any atom is -0.381 e. The molecule has 0 bridgehead atoms. The Morgan fingerprint density at radius 2 is 1.10 bits per heavy atom. The van der Waals surface area contributed by atoms with Gasteiger partial charge in [0.15, 0.2) is 5.78 Å². The Bertz CT molecular complexity index is 619. The lowest BCUT2D eigenvalue weighted by atomic mass is 9.84. The van der Waals surface area contributed by atoms with Gasteiger partial charge in [-0.3, -0.25) is 24.0 Å². The Hall–Kier alpha value is -2.02. The van der Waals surface area contributed by atoms with Crippen molar-refractivity contribution in [3.63, 3.8) is 0 Å². The van der Waals surface area contributed by atoms with E-state index in [1.54, 1.807) is 27.9 Å². The first kappa shape index (κ1) is 31.7. The summed E-state index contributed by atoms with van der Waals surface area (Å²) in [5, 5.41) is -0.590. The van der Waals surface area contributed by atoms with Crippen LogP contribution in [0.3, 0.4) is 0 Å². The maximum absolute atomic E-state index is 11.6. The van der Waals surface area contributed by atoms with Crippen LogP contribution in [0.5, 0.6) is 0 Å². The van der Waals surface area contributed by atoms with Crippen molar-refractivity contribution in [1.82, 2.24) is 9.80 Å². The minimum atomic E-state index is -1.10. The average molecular weight is 433 g/mol. The van der Waals surface area contributed by atoms with E-state index < -0.39 is 10.7 Å². The molecule has 0 saturated heterocycles. The lowest BCUT2D eigenvalue weighted by Crippen LogP contribution is -2.42. The number of rotatable bonds is 7. The van der Waals surface area contributed by atoms with Crippen LogP contribution in [0.4, 0.5) is 0 Å². The van der Waals surface area contributed by atoms with E-state index in [1.165, 1.54) is 30.0 Å². The zero-order chi connectivity index (χ0) is 24.1. The third kappa shape index (κ3) is 16.6. The number of carbonyl (C=O) groups is 5. The molecule has 0 N–H and O–H groups in total. The second-order valence-corrected chi connectivity index (χ2v) is 8.26. The molecule has 0 aliphatic rings. The van der Waals surface area contributed by atoms with E-state index in [0.717, 1.165) is 0 Å². The van der Waals surface area contributed by atoms with Crippen LogP contribution < -0.4 is 0 Å². The minimum absolute atomic E-state index is 0.151. The normalized spacial score (nSPS) is 9.66. The molecule has 0 aliphatic carbocycles. The van der Waals surface area contributed by atoms with E-state index >= 15 is 0 Å². The summed E-state index contributed by atoms with van der Waals surface area (Å²) in [5.41, 5.74) is 1.63. The molecule has 0 spiro atoms. The van der Waals surface area contributed by atoms with E-state index in [-0.39, 0.29) is 36.1 Å². The summed E-state index contributed by atoms with van der Waals surface area (Å²) in [6, 6.07) is 0. The summed E-state index contributed by atoms with van der Waals surface area (Å²) < 4.78 is 0. The molecule has 0 aromatic heterocycles. The highest BCUT2D eigenvalue weighted by Gasteiger charge is 2.36. The molecule has 7 nitrogen and oxygen atoms in total. The van der Waals surface area contributed by atoms with Crippen LogP contribution in [-0.4, -0.2) is 66.5 Å². The van der Waals surface area contributed by atoms with E-state index in [2.05, 4.69) is 39.8 Å². The summed E-state index contributed by atoms with van der Waals surface area (Å²) >= 11 is 4.81. The van der Waals surface area contributed by atoms with Crippen LogP contribution in [0, 0.1) is 5.41 Å². The zero-order valence-corrected chi connectivity index (χ0v) is 20.5. The molecule has 0 radical (unpaired) electrons. The first-order valence-electron chi connectivity index (χ1n) is 9.11. The second-order valence-electron chi connectivity index (χ2n) is 7.84. The first-order valence-corrected chi connectivity index (χ1v) is 9.49. The molecule has 1 amide bonds. The summed E-state index contributed by atoms with van der Waals surface area (Å²) in [7, 11) is 7.29. The Balaban J connectivity index is -0.000000383. The molecule has 0 aromatic rings. The molecule has 168 valence electrons. The van der Waals surface area contributed by atoms with Gasteiger partial charge in [-0.15, -0.1) is 0 Å².